The minimum Gasteiger partial charge on any atom is -0.388 e. The van der Waals surface area contributed by atoms with Gasteiger partial charge in [-0.1, -0.05) is 13.8 Å². The maximum Gasteiger partial charge on any atom is 0.236 e. The number of carbonyl (C=O) groups excluding carboxylic acids is 1. The lowest BCUT2D eigenvalue weighted by molar-refractivity contribution is -0.124. The largest absolute Gasteiger partial charge is 0.388 e. The number of carbonyl (C=O) groups is 1. The highest BCUT2D eigenvalue weighted by molar-refractivity contribution is 8.01. The summed E-state index contributed by atoms with van der Waals surface area (Å²) in [5.41, 5.74) is -0.741. The molecular formula is C12H23NO2S. The first-order chi connectivity index (χ1) is 7.46. The van der Waals surface area contributed by atoms with Gasteiger partial charge in [0, 0.05) is 6.54 Å². The van der Waals surface area contributed by atoms with Crippen LogP contribution in [0.2, 0.25) is 0 Å². The highest BCUT2D eigenvalue weighted by atomic mass is 32.2. The van der Waals surface area contributed by atoms with Crippen LogP contribution in [-0.4, -0.2) is 33.7 Å². The number of thioether (sulfide) groups is 1. The van der Waals surface area contributed by atoms with Crippen LogP contribution in [-0.2, 0) is 4.79 Å². The van der Waals surface area contributed by atoms with E-state index in [2.05, 4.69) is 5.32 Å². The molecule has 0 aliphatic carbocycles. The zero-order valence-corrected chi connectivity index (χ0v) is 11.3. The fourth-order valence-electron chi connectivity index (χ4n) is 1.89. The molecule has 1 amide bonds. The van der Waals surface area contributed by atoms with Crippen molar-refractivity contribution in [2.45, 2.75) is 56.8 Å². The molecule has 2 N–H and O–H groups in total. The lowest BCUT2D eigenvalue weighted by Crippen LogP contribution is -2.48. The maximum absolute atomic E-state index is 12.0. The van der Waals surface area contributed by atoms with Gasteiger partial charge < -0.3 is 10.4 Å². The van der Waals surface area contributed by atoms with Gasteiger partial charge in [0.2, 0.25) is 5.91 Å². The highest BCUT2D eigenvalue weighted by Crippen LogP contribution is 2.37. The molecule has 0 aromatic rings. The molecule has 3 nitrogen and oxygen atoms in total. The first-order valence-electron chi connectivity index (χ1n) is 6.10. The van der Waals surface area contributed by atoms with Gasteiger partial charge in [-0.25, -0.2) is 0 Å². The van der Waals surface area contributed by atoms with Crippen molar-refractivity contribution in [1.29, 1.82) is 0 Å². The third-order valence-corrected chi connectivity index (χ3v) is 5.11. The molecule has 0 saturated carbocycles. The summed E-state index contributed by atoms with van der Waals surface area (Å²) >= 11 is 1.72. The van der Waals surface area contributed by atoms with Crippen molar-refractivity contribution < 1.29 is 9.90 Å². The van der Waals surface area contributed by atoms with E-state index in [0.717, 1.165) is 18.6 Å². The Hall–Kier alpha value is -0.220. The zero-order valence-electron chi connectivity index (χ0n) is 10.5. The summed E-state index contributed by atoms with van der Waals surface area (Å²) in [5, 5.41) is 13.0. The van der Waals surface area contributed by atoms with Crippen LogP contribution in [0.3, 0.4) is 0 Å². The molecule has 4 heteroatoms. The second-order valence-corrected chi connectivity index (χ2v) is 6.39. The van der Waals surface area contributed by atoms with E-state index in [1.807, 2.05) is 20.8 Å². The SMILES string of the molecule is CCC(O)(CC)CNC(=O)C1(C)CCCS1. The van der Waals surface area contributed by atoms with Gasteiger partial charge in [-0.15, -0.1) is 11.8 Å². The van der Waals surface area contributed by atoms with Gasteiger partial charge in [-0.05, 0) is 38.4 Å². The van der Waals surface area contributed by atoms with Crippen molar-refractivity contribution >= 4 is 17.7 Å². The van der Waals surface area contributed by atoms with Crippen LogP contribution in [0.5, 0.6) is 0 Å². The average Bonchev–Trinajstić information content (AvgIpc) is 2.74. The van der Waals surface area contributed by atoms with Crippen molar-refractivity contribution in [3.8, 4) is 0 Å². The van der Waals surface area contributed by atoms with Crippen LogP contribution >= 0.6 is 11.8 Å². The average molecular weight is 245 g/mol. The number of aliphatic hydroxyl groups is 1. The molecule has 1 atom stereocenters. The summed E-state index contributed by atoms with van der Waals surface area (Å²) in [4.78, 5) is 12.0. The second kappa shape index (κ2) is 5.41. The normalized spacial score (nSPS) is 25.8. The summed E-state index contributed by atoms with van der Waals surface area (Å²) < 4.78 is -0.275. The van der Waals surface area contributed by atoms with Crippen LogP contribution in [0.1, 0.15) is 46.5 Å². The van der Waals surface area contributed by atoms with E-state index in [-0.39, 0.29) is 10.7 Å². The van der Waals surface area contributed by atoms with Gasteiger partial charge in [0.1, 0.15) is 0 Å². The monoisotopic (exact) mass is 245 g/mol. The van der Waals surface area contributed by atoms with Gasteiger partial charge in [-0.2, -0.15) is 0 Å². The molecule has 1 unspecified atom stereocenters. The van der Waals surface area contributed by atoms with E-state index in [1.54, 1.807) is 11.8 Å². The van der Waals surface area contributed by atoms with Crippen molar-refractivity contribution in [3.63, 3.8) is 0 Å². The van der Waals surface area contributed by atoms with E-state index in [9.17, 15) is 9.90 Å². The van der Waals surface area contributed by atoms with Gasteiger partial charge >= 0.3 is 0 Å². The minimum absolute atomic E-state index is 0.0790. The molecule has 0 aromatic carbocycles. The molecule has 1 aliphatic rings. The van der Waals surface area contributed by atoms with E-state index < -0.39 is 5.60 Å². The molecule has 0 aromatic heterocycles. The van der Waals surface area contributed by atoms with Gasteiger partial charge in [0.25, 0.3) is 0 Å². The maximum atomic E-state index is 12.0. The lowest BCUT2D eigenvalue weighted by atomic mass is 9.97. The molecule has 1 saturated heterocycles. The number of nitrogens with one attached hydrogen (secondary N) is 1. The Kier molecular flexibility index (Phi) is 4.68. The Bertz CT molecular complexity index is 245. The third-order valence-electron chi connectivity index (χ3n) is 3.59. The standard InChI is InChI=1S/C12H23NO2S/c1-4-12(15,5-2)9-13-10(14)11(3)7-6-8-16-11/h15H,4-9H2,1-3H3,(H,13,14). The molecule has 1 aliphatic heterocycles. The molecule has 0 spiro atoms. The van der Waals surface area contributed by atoms with Crippen molar-refractivity contribution in [1.82, 2.24) is 5.32 Å². The quantitative estimate of drug-likeness (QED) is 0.778. The van der Waals surface area contributed by atoms with E-state index in [0.29, 0.717) is 19.4 Å². The van der Waals surface area contributed by atoms with Crippen LogP contribution in [0.15, 0.2) is 0 Å². The molecule has 0 bridgehead atoms. The van der Waals surface area contributed by atoms with Crippen molar-refractivity contribution in [2.75, 3.05) is 12.3 Å². The van der Waals surface area contributed by atoms with E-state index in [4.69, 9.17) is 0 Å². The number of hydrogen-bond acceptors (Lipinski definition) is 3. The van der Waals surface area contributed by atoms with Gasteiger partial charge in [0.15, 0.2) is 0 Å². The number of hydrogen-bond donors (Lipinski definition) is 2. The summed E-state index contributed by atoms with van der Waals surface area (Å²) in [6.45, 7) is 6.26. The summed E-state index contributed by atoms with van der Waals surface area (Å²) in [6, 6.07) is 0. The van der Waals surface area contributed by atoms with Crippen molar-refractivity contribution in [2.24, 2.45) is 0 Å². The van der Waals surface area contributed by atoms with Crippen LogP contribution in [0.4, 0.5) is 0 Å². The molecule has 1 fully saturated rings. The molecule has 1 rings (SSSR count). The van der Waals surface area contributed by atoms with Crippen LogP contribution in [0.25, 0.3) is 0 Å². The zero-order chi connectivity index (χ0) is 12.2. The van der Waals surface area contributed by atoms with Gasteiger partial charge in [-0.3, -0.25) is 4.79 Å². The summed E-state index contributed by atoms with van der Waals surface area (Å²) in [7, 11) is 0. The highest BCUT2D eigenvalue weighted by Gasteiger charge is 2.37. The number of amides is 1. The Morgan fingerprint density at radius 1 is 1.50 bits per heavy atom. The molecule has 16 heavy (non-hydrogen) atoms. The minimum atomic E-state index is -0.741. The smallest absolute Gasteiger partial charge is 0.236 e. The Morgan fingerprint density at radius 3 is 2.56 bits per heavy atom. The summed E-state index contributed by atoms with van der Waals surface area (Å²) in [6.07, 6.45) is 3.40. The first-order valence-corrected chi connectivity index (χ1v) is 7.09. The predicted molar refractivity (Wildman–Crippen MR) is 68.6 cm³/mol. The number of rotatable bonds is 5. The molecule has 0 radical (unpaired) electrons. The van der Waals surface area contributed by atoms with Crippen molar-refractivity contribution in [3.05, 3.63) is 0 Å². The summed E-state index contributed by atoms with van der Waals surface area (Å²) in [5.74, 6) is 1.14. The molecule has 94 valence electrons. The van der Waals surface area contributed by atoms with E-state index >= 15 is 0 Å². The Labute approximate surface area is 102 Å². The molecule has 1 heterocycles. The Balaban J connectivity index is 2.46. The van der Waals surface area contributed by atoms with Crippen LogP contribution in [0, 0.1) is 0 Å². The topological polar surface area (TPSA) is 49.3 Å². The molecular weight excluding hydrogens is 222 g/mol. The fourth-order valence-corrected chi connectivity index (χ4v) is 3.12. The fraction of sp³-hybridized carbons (Fsp3) is 0.917. The predicted octanol–water partition coefficient (Wildman–Crippen LogP) is 1.94. The van der Waals surface area contributed by atoms with E-state index in [1.165, 1.54) is 0 Å². The third kappa shape index (κ3) is 3.14. The van der Waals surface area contributed by atoms with Crippen LogP contribution < -0.4 is 5.32 Å². The van der Waals surface area contributed by atoms with Gasteiger partial charge in [0.05, 0.1) is 10.3 Å². The second-order valence-electron chi connectivity index (χ2n) is 4.80. The first kappa shape index (κ1) is 13.8. The lowest BCUT2D eigenvalue weighted by Gasteiger charge is -2.28. The Morgan fingerprint density at radius 2 is 2.12 bits per heavy atom.